The highest BCUT2D eigenvalue weighted by Gasteiger charge is 2.23. The lowest BCUT2D eigenvalue weighted by Gasteiger charge is -2.21. The number of aromatic nitrogens is 4. The van der Waals surface area contributed by atoms with Gasteiger partial charge in [0.25, 0.3) is 0 Å². The van der Waals surface area contributed by atoms with Crippen LogP contribution in [0.5, 0.6) is 5.75 Å². The summed E-state index contributed by atoms with van der Waals surface area (Å²) in [6.07, 6.45) is -0.291. The maximum atomic E-state index is 12.6. The molecule has 0 fully saturated rings. The predicted octanol–water partition coefficient (Wildman–Crippen LogP) is 6.46. The number of nitrogens with one attached hydrogen (secondary N) is 1. The molecule has 0 aliphatic rings. The number of para-hydroxylation sites is 2. The third kappa shape index (κ3) is 5.42. The van der Waals surface area contributed by atoms with Gasteiger partial charge in [0, 0.05) is 6.04 Å². The molecule has 2 aromatic carbocycles. The quantitative estimate of drug-likeness (QED) is 0.268. The predicted molar refractivity (Wildman–Crippen MR) is 139 cm³/mol. The van der Waals surface area contributed by atoms with Crippen LogP contribution < -0.4 is 10.1 Å². The van der Waals surface area contributed by atoms with Crippen LogP contribution in [0, 0.1) is 0 Å². The molecule has 1 atom stereocenters. The van der Waals surface area contributed by atoms with Gasteiger partial charge in [-0.25, -0.2) is 4.98 Å². The zero-order chi connectivity index (χ0) is 24.2. The second-order valence-corrected chi connectivity index (χ2v) is 10.6. The van der Waals surface area contributed by atoms with Gasteiger partial charge in [0.05, 0.1) is 16.0 Å². The van der Waals surface area contributed by atoms with Crippen molar-refractivity contribution in [1.29, 1.82) is 0 Å². The summed E-state index contributed by atoms with van der Waals surface area (Å²) >= 11 is 2.83. The maximum Gasteiger partial charge on any atom is 0.236 e. The topological polar surface area (TPSA) is 81.9 Å². The third-order valence-electron chi connectivity index (χ3n) is 5.29. The van der Waals surface area contributed by atoms with E-state index in [2.05, 4.69) is 54.3 Å². The normalized spacial score (nSPS) is 12.4. The van der Waals surface area contributed by atoms with Crippen molar-refractivity contribution >= 4 is 44.4 Å². The molecular weight excluding hydrogens is 466 g/mol. The van der Waals surface area contributed by atoms with E-state index in [1.54, 1.807) is 0 Å². The molecule has 2 heterocycles. The van der Waals surface area contributed by atoms with E-state index < -0.39 is 0 Å². The Hall–Kier alpha value is -2.91. The van der Waals surface area contributed by atoms with Gasteiger partial charge in [0.2, 0.25) is 5.91 Å². The van der Waals surface area contributed by atoms with Gasteiger partial charge in [-0.05, 0) is 50.5 Å². The van der Waals surface area contributed by atoms with Crippen molar-refractivity contribution in [1.82, 2.24) is 19.7 Å². The number of carbonyl (C=O) groups is 1. The van der Waals surface area contributed by atoms with Gasteiger partial charge >= 0.3 is 0 Å². The fourth-order valence-corrected chi connectivity index (χ4v) is 5.42. The van der Waals surface area contributed by atoms with Crippen LogP contribution in [0.3, 0.4) is 0 Å². The Kier molecular flexibility index (Phi) is 7.53. The molecule has 0 bridgehead atoms. The average molecular weight is 496 g/mol. The number of thiazole rings is 1. The van der Waals surface area contributed by atoms with Crippen molar-refractivity contribution in [3.8, 4) is 5.75 Å². The molecule has 2 aromatic heterocycles. The Bertz CT molecular complexity index is 1250. The van der Waals surface area contributed by atoms with Crippen LogP contribution in [-0.4, -0.2) is 31.4 Å². The summed E-state index contributed by atoms with van der Waals surface area (Å²) in [6.45, 7) is 10.4. The number of benzene rings is 2. The van der Waals surface area contributed by atoms with Gasteiger partial charge in [0.15, 0.2) is 22.2 Å². The molecule has 4 aromatic rings. The van der Waals surface area contributed by atoms with Crippen LogP contribution in [0.4, 0.5) is 5.13 Å². The second kappa shape index (κ2) is 10.6. The Balaban J connectivity index is 1.45. The Morgan fingerprint density at radius 3 is 2.53 bits per heavy atom. The summed E-state index contributed by atoms with van der Waals surface area (Å²) in [5, 5.41) is 13.0. The third-order valence-corrected chi connectivity index (χ3v) is 7.18. The fraction of sp³-hybridized carbons (Fsp3) is 0.360. The lowest BCUT2D eigenvalue weighted by atomic mass is 10.0. The number of nitrogens with zero attached hydrogens (tertiary/aromatic N) is 4. The zero-order valence-corrected chi connectivity index (χ0v) is 21.6. The van der Waals surface area contributed by atoms with E-state index in [0.717, 1.165) is 27.4 Å². The monoisotopic (exact) mass is 495 g/mol. The molecule has 7 nitrogen and oxygen atoms in total. The summed E-state index contributed by atoms with van der Waals surface area (Å²) in [5.74, 6) is 2.03. The van der Waals surface area contributed by atoms with Crippen LogP contribution >= 0.6 is 23.1 Å². The smallest absolute Gasteiger partial charge is 0.236 e. The van der Waals surface area contributed by atoms with Crippen molar-refractivity contribution in [2.45, 2.75) is 57.8 Å². The van der Waals surface area contributed by atoms with Crippen LogP contribution in [0.15, 0.2) is 53.7 Å². The Morgan fingerprint density at radius 1 is 1.06 bits per heavy atom. The van der Waals surface area contributed by atoms with E-state index in [1.807, 2.05) is 54.0 Å². The van der Waals surface area contributed by atoms with Crippen LogP contribution in [0.2, 0.25) is 0 Å². The number of ether oxygens (including phenoxy) is 1. The zero-order valence-electron chi connectivity index (χ0n) is 20.0. The fourth-order valence-electron chi connectivity index (χ4n) is 3.67. The summed E-state index contributed by atoms with van der Waals surface area (Å²) in [6, 6.07) is 16.0. The largest absolute Gasteiger partial charge is 0.482 e. The number of hydrogen-bond donors (Lipinski definition) is 1. The highest BCUT2D eigenvalue weighted by atomic mass is 32.2. The number of fused-ring (bicyclic) bond motifs is 1. The van der Waals surface area contributed by atoms with Gasteiger partial charge in [0.1, 0.15) is 5.75 Å². The number of rotatable bonds is 9. The van der Waals surface area contributed by atoms with E-state index in [-0.39, 0.29) is 23.8 Å². The first-order valence-electron chi connectivity index (χ1n) is 11.3. The minimum absolute atomic E-state index is 0.117. The van der Waals surface area contributed by atoms with E-state index in [0.29, 0.717) is 16.2 Å². The number of thioether (sulfide) groups is 1. The second-order valence-electron chi connectivity index (χ2n) is 8.58. The van der Waals surface area contributed by atoms with Gasteiger partial charge in [-0.2, -0.15) is 0 Å². The molecule has 34 heavy (non-hydrogen) atoms. The first-order valence-corrected chi connectivity index (χ1v) is 13.1. The van der Waals surface area contributed by atoms with Gasteiger partial charge in [-0.1, -0.05) is 67.3 Å². The molecule has 4 rings (SSSR count). The minimum Gasteiger partial charge on any atom is -0.482 e. The van der Waals surface area contributed by atoms with Crippen molar-refractivity contribution in [3.63, 3.8) is 0 Å². The van der Waals surface area contributed by atoms with Gasteiger partial charge < -0.3 is 14.6 Å². The van der Waals surface area contributed by atoms with Crippen LogP contribution in [-0.2, 0) is 4.79 Å². The molecule has 0 saturated carbocycles. The van der Waals surface area contributed by atoms with Crippen molar-refractivity contribution in [2.24, 2.45) is 0 Å². The van der Waals surface area contributed by atoms with E-state index in [4.69, 9.17) is 4.74 Å². The van der Waals surface area contributed by atoms with Crippen LogP contribution in [0.25, 0.3) is 10.2 Å². The SMILES string of the molecule is CC(C)c1ccccc1OC(C)c1nnc(SCC(=O)Nc2nc3ccccc3s2)n1C(C)C. The van der Waals surface area contributed by atoms with Gasteiger partial charge in [-0.3, -0.25) is 4.79 Å². The summed E-state index contributed by atoms with van der Waals surface area (Å²) in [4.78, 5) is 17.0. The summed E-state index contributed by atoms with van der Waals surface area (Å²) in [5.41, 5.74) is 2.04. The lowest BCUT2D eigenvalue weighted by molar-refractivity contribution is -0.113. The lowest BCUT2D eigenvalue weighted by Crippen LogP contribution is -2.16. The minimum atomic E-state index is -0.291. The number of anilines is 1. The van der Waals surface area contributed by atoms with E-state index in [1.165, 1.54) is 23.1 Å². The molecule has 0 aliphatic heterocycles. The first-order chi connectivity index (χ1) is 16.3. The molecule has 0 saturated heterocycles. The molecular formula is C25H29N5O2S2. The van der Waals surface area contributed by atoms with Crippen molar-refractivity contribution in [2.75, 3.05) is 11.1 Å². The molecule has 0 radical (unpaired) electrons. The molecule has 1 amide bonds. The molecule has 178 valence electrons. The molecule has 0 aliphatic carbocycles. The summed E-state index contributed by atoms with van der Waals surface area (Å²) < 4.78 is 9.40. The molecule has 0 spiro atoms. The highest BCUT2D eigenvalue weighted by molar-refractivity contribution is 7.99. The average Bonchev–Trinajstić information content (AvgIpc) is 3.41. The van der Waals surface area contributed by atoms with E-state index >= 15 is 0 Å². The Morgan fingerprint density at radius 2 is 1.79 bits per heavy atom. The van der Waals surface area contributed by atoms with Crippen LogP contribution in [0.1, 0.15) is 64.1 Å². The number of amides is 1. The first kappa shape index (κ1) is 24.2. The van der Waals surface area contributed by atoms with Crippen molar-refractivity contribution in [3.05, 3.63) is 59.9 Å². The van der Waals surface area contributed by atoms with Gasteiger partial charge in [-0.15, -0.1) is 10.2 Å². The van der Waals surface area contributed by atoms with E-state index in [9.17, 15) is 4.79 Å². The number of hydrogen-bond acceptors (Lipinski definition) is 7. The molecule has 1 N–H and O–H groups in total. The maximum absolute atomic E-state index is 12.6. The number of carbonyl (C=O) groups excluding carboxylic acids is 1. The standard InChI is InChI=1S/C25H29N5O2S2/c1-15(2)18-10-6-8-12-20(18)32-17(5)23-28-29-25(30(23)16(3)4)33-14-22(31)27-24-26-19-11-7-9-13-21(19)34-24/h6-13,15-17H,14H2,1-5H3,(H,26,27,31). The van der Waals surface area contributed by atoms with Crippen molar-refractivity contribution < 1.29 is 9.53 Å². The Labute approximate surface area is 208 Å². The summed E-state index contributed by atoms with van der Waals surface area (Å²) in [7, 11) is 0. The molecule has 9 heteroatoms. The highest BCUT2D eigenvalue weighted by Crippen LogP contribution is 2.32. The molecule has 1 unspecified atom stereocenters.